The number of thiophene rings is 1. The van der Waals surface area contributed by atoms with Crippen LogP contribution in [0.1, 0.15) is 15.2 Å². The first-order valence-electron chi connectivity index (χ1n) is 6.87. The minimum absolute atomic E-state index is 0. The Balaban J connectivity index is 0.00000242. The van der Waals surface area contributed by atoms with Gasteiger partial charge in [0.2, 0.25) is 10.0 Å². The highest BCUT2D eigenvalue weighted by atomic mass is 35.5. The second-order valence-electron chi connectivity index (χ2n) is 5.25. The van der Waals surface area contributed by atoms with Crippen molar-refractivity contribution in [2.75, 3.05) is 45.5 Å². The molecule has 1 fully saturated rings. The number of aryl methyl sites for hydroxylation is 1. The van der Waals surface area contributed by atoms with E-state index in [1.54, 1.807) is 0 Å². The molecule has 0 aliphatic carbocycles. The van der Waals surface area contributed by atoms with E-state index in [1.165, 1.54) is 21.9 Å². The highest BCUT2D eigenvalue weighted by Crippen LogP contribution is 2.13. The molecule has 0 aromatic carbocycles. The maximum absolute atomic E-state index is 11.9. The molecule has 9 heteroatoms. The van der Waals surface area contributed by atoms with Crippen molar-refractivity contribution in [1.29, 1.82) is 0 Å². The fourth-order valence-electron chi connectivity index (χ4n) is 2.25. The Labute approximate surface area is 141 Å². The largest absolute Gasteiger partial charge is 0.350 e. The smallest absolute Gasteiger partial charge is 0.261 e. The Morgan fingerprint density at radius 1 is 1.32 bits per heavy atom. The molecule has 1 aromatic rings. The van der Waals surface area contributed by atoms with E-state index in [-0.39, 0.29) is 18.3 Å². The fraction of sp³-hybridized carbons (Fsp3) is 0.615. The highest BCUT2D eigenvalue weighted by molar-refractivity contribution is 7.88. The lowest BCUT2D eigenvalue weighted by atomic mass is 10.3. The quantitative estimate of drug-likeness (QED) is 0.835. The van der Waals surface area contributed by atoms with E-state index in [4.69, 9.17) is 0 Å². The number of hydrogen-bond acceptors (Lipinski definition) is 5. The third-order valence-corrected chi connectivity index (χ3v) is 5.82. The lowest BCUT2D eigenvalue weighted by Crippen LogP contribution is -2.49. The van der Waals surface area contributed by atoms with Gasteiger partial charge in [-0.25, -0.2) is 8.42 Å². The molecule has 126 valence electrons. The maximum atomic E-state index is 11.9. The van der Waals surface area contributed by atoms with Gasteiger partial charge in [-0.3, -0.25) is 9.69 Å². The highest BCUT2D eigenvalue weighted by Gasteiger charge is 2.22. The van der Waals surface area contributed by atoms with Gasteiger partial charge in [-0.1, -0.05) is 0 Å². The SMILES string of the molecule is Cc1csc(C(=O)NCCN2CCN(S(C)(=O)=O)CC2)c1.Cl. The first-order valence-corrected chi connectivity index (χ1v) is 9.60. The normalized spacial score (nSPS) is 17.0. The van der Waals surface area contributed by atoms with Crippen molar-refractivity contribution in [2.24, 2.45) is 0 Å². The molecule has 1 aliphatic heterocycles. The number of halogens is 1. The summed E-state index contributed by atoms with van der Waals surface area (Å²) in [5, 5.41) is 4.86. The zero-order chi connectivity index (χ0) is 15.5. The fourth-order valence-corrected chi connectivity index (χ4v) is 3.89. The number of amides is 1. The maximum Gasteiger partial charge on any atom is 0.261 e. The van der Waals surface area contributed by atoms with E-state index in [1.807, 2.05) is 18.4 Å². The average molecular weight is 368 g/mol. The molecular formula is C13H22ClN3O3S2. The Hall–Kier alpha value is -0.670. The summed E-state index contributed by atoms with van der Waals surface area (Å²) in [4.78, 5) is 14.8. The minimum atomic E-state index is -3.08. The molecule has 0 radical (unpaired) electrons. The van der Waals surface area contributed by atoms with Crippen LogP contribution in [0.5, 0.6) is 0 Å². The number of hydrogen-bond donors (Lipinski definition) is 1. The topological polar surface area (TPSA) is 69.7 Å². The Morgan fingerprint density at radius 2 is 1.95 bits per heavy atom. The second kappa shape index (κ2) is 8.26. The van der Waals surface area contributed by atoms with E-state index in [2.05, 4.69) is 10.2 Å². The van der Waals surface area contributed by atoms with Gasteiger partial charge in [-0.2, -0.15) is 4.31 Å². The van der Waals surface area contributed by atoms with Gasteiger partial charge in [0.15, 0.2) is 0 Å². The van der Waals surface area contributed by atoms with Crippen LogP contribution in [0.2, 0.25) is 0 Å². The number of nitrogens with one attached hydrogen (secondary N) is 1. The van der Waals surface area contributed by atoms with Crippen LogP contribution in [0.15, 0.2) is 11.4 Å². The zero-order valence-electron chi connectivity index (χ0n) is 12.7. The zero-order valence-corrected chi connectivity index (χ0v) is 15.2. The standard InChI is InChI=1S/C13H21N3O3S2.ClH/c1-11-9-12(20-10-11)13(17)14-3-4-15-5-7-16(8-6-15)21(2,18)19;/h9-10H,3-8H2,1-2H3,(H,14,17);1H. The monoisotopic (exact) mass is 367 g/mol. The van der Waals surface area contributed by atoms with Crippen LogP contribution in [0.4, 0.5) is 0 Å². The summed E-state index contributed by atoms with van der Waals surface area (Å²) in [6.45, 7) is 5.76. The van der Waals surface area contributed by atoms with Crippen LogP contribution < -0.4 is 5.32 Å². The molecule has 0 unspecified atom stereocenters. The van der Waals surface area contributed by atoms with Crippen molar-refractivity contribution >= 4 is 39.7 Å². The molecule has 2 rings (SSSR count). The number of rotatable bonds is 5. The van der Waals surface area contributed by atoms with Crippen LogP contribution in [-0.2, 0) is 10.0 Å². The molecule has 2 heterocycles. The molecule has 1 amide bonds. The third kappa shape index (κ3) is 5.51. The Morgan fingerprint density at radius 3 is 2.45 bits per heavy atom. The number of carbonyl (C=O) groups excluding carboxylic acids is 1. The average Bonchev–Trinajstić information content (AvgIpc) is 2.85. The summed E-state index contributed by atoms with van der Waals surface area (Å²) < 4.78 is 24.3. The minimum Gasteiger partial charge on any atom is -0.350 e. The first kappa shape index (κ1) is 19.4. The predicted molar refractivity (Wildman–Crippen MR) is 91.5 cm³/mol. The number of piperazine rings is 1. The van der Waals surface area contributed by atoms with E-state index >= 15 is 0 Å². The Kier molecular flexibility index (Phi) is 7.27. The molecule has 22 heavy (non-hydrogen) atoms. The number of nitrogens with zero attached hydrogens (tertiary/aromatic N) is 2. The van der Waals surface area contributed by atoms with Gasteiger partial charge in [-0.05, 0) is 23.9 Å². The van der Waals surface area contributed by atoms with Crippen molar-refractivity contribution < 1.29 is 13.2 Å². The van der Waals surface area contributed by atoms with Crippen LogP contribution >= 0.6 is 23.7 Å². The number of carbonyl (C=O) groups is 1. The summed E-state index contributed by atoms with van der Waals surface area (Å²) in [7, 11) is -3.08. The van der Waals surface area contributed by atoms with Crippen LogP contribution in [0, 0.1) is 6.92 Å². The van der Waals surface area contributed by atoms with E-state index in [9.17, 15) is 13.2 Å². The van der Waals surface area contributed by atoms with Gasteiger partial charge in [0.1, 0.15) is 0 Å². The molecule has 0 bridgehead atoms. The Bertz CT molecular complexity index is 595. The summed E-state index contributed by atoms with van der Waals surface area (Å²) in [5.74, 6) is -0.0390. The van der Waals surface area contributed by atoms with Gasteiger partial charge in [0.25, 0.3) is 5.91 Å². The molecule has 1 aromatic heterocycles. The molecule has 1 saturated heterocycles. The van der Waals surface area contributed by atoms with Crippen LogP contribution in [-0.4, -0.2) is 69.1 Å². The van der Waals surface area contributed by atoms with Crippen LogP contribution in [0.3, 0.4) is 0 Å². The molecule has 1 aliphatic rings. The van der Waals surface area contributed by atoms with Gasteiger partial charge in [0, 0.05) is 39.3 Å². The van der Waals surface area contributed by atoms with Crippen molar-refractivity contribution in [3.8, 4) is 0 Å². The molecule has 0 spiro atoms. The van der Waals surface area contributed by atoms with Crippen molar-refractivity contribution in [2.45, 2.75) is 6.92 Å². The second-order valence-corrected chi connectivity index (χ2v) is 8.14. The molecule has 1 N–H and O–H groups in total. The van der Waals surface area contributed by atoms with Gasteiger partial charge >= 0.3 is 0 Å². The molecule has 6 nitrogen and oxygen atoms in total. The predicted octanol–water partition coefficient (Wildman–Crippen LogP) is 0.785. The summed E-state index contributed by atoms with van der Waals surface area (Å²) in [5.41, 5.74) is 1.10. The van der Waals surface area contributed by atoms with Gasteiger partial charge in [-0.15, -0.1) is 23.7 Å². The van der Waals surface area contributed by atoms with Crippen molar-refractivity contribution in [1.82, 2.24) is 14.5 Å². The van der Waals surface area contributed by atoms with E-state index < -0.39 is 10.0 Å². The van der Waals surface area contributed by atoms with E-state index in [0.717, 1.165) is 17.0 Å². The molecule has 0 saturated carbocycles. The third-order valence-electron chi connectivity index (χ3n) is 3.47. The van der Waals surface area contributed by atoms with Gasteiger partial charge in [0.05, 0.1) is 11.1 Å². The molecular weight excluding hydrogens is 346 g/mol. The molecule has 0 atom stereocenters. The summed E-state index contributed by atoms with van der Waals surface area (Å²) in [6, 6.07) is 1.88. The van der Waals surface area contributed by atoms with E-state index in [0.29, 0.717) is 32.7 Å². The first-order chi connectivity index (χ1) is 9.86. The van der Waals surface area contributed by atoms with Crippen molar-refractivity contribution in [3.63, 3.8) is 0 Å². The lowest BCUT2D eigenvalue weighted by Gasteiger charge is -2.33. The lowest BCUT2D eigenvalue weighted by molar-refractivity contribution is 0.0949. The number of sulfonamides is 1. The summed E-state index contributed by atoms with van der Waals surface area (Å²) >= 11 is 1.45. The summed E-state index contributed by atoms with van der Waals surface area (Å²) in [6.07, 6.45) is 1.24. The van der Waals surface area contributed by atoms with Gasteiger partial charge < -0.3 is 5.32 Å². The van der Waals surface area contributed by atoms with Crippen LogP contribution in [0.25, 0.3) is 0 Å². The van der Waals surface area contributed by atoms with Crippen molar-refractivity contribution in [3.05, 3.63) is 21.9 Å².